The summed E-state index contributed by atoms with van der Waals surface area (Å²) in [5, 5.41) is 3.34. The second-order valence-corrected chi connectivity index (χ2v) is 6.94. The third-order valence-corrected chi connectivity index (χ3v) is 4.71. The van der Waals surface area contributed by atoms with E-state index in [9.17, 15) is 8.42 Å². The van der Waals surface area contributed by atoms with Gasteiger partial charge in [-0.05, 0) is 43.6 Å². The van der Waals surface area contributed by atoms with Crippen molar-refractivity contribution in [1.29, 1.82) is 0 Å². The minimum absolute atomic E-state index is 0.532. The molecule has 0 aliphatic rings. The quantitative estimate of drug-likeness (QED) is 0.665. The van der Waals surface area contributed by atoms with Crippen molar-refractivity contribution in [2.24, 2.45) is 0 Å². The summed E-state index contributed by atoms with van der Waals surface area (Å²) in [6, 6.07) is 8.03. The summed E-state index contributed by atoms with van der Waals surface area (Å²) in [4.78, 5) is 0. The predicted octanol–water partition coefficient (Wildman–Crippen LogP) is 1.50. The van der Waals surface area contributed by atoms with Crippen LogP contribution in [0.3, 0.4) is 0 Å². The molecule has 0 unspecified atom stereocenters. The molecule has 5 nitrogen and oxygen atoms in total. The lowest BCUT2D eigenvalue weighted by molar-refractivity contribution is 0.414. The Kier molecular flexibility index (Phi) is 7.71. The molecule has 0 spiro atoms. The van der Waals surface area contributed by atoms with Gasteiger partial charge in [-0.25, -0.2) is 12.7 Å². The van der Waals surface area contributed by atoms with E-state index in [1.807, 2.05) is 19.1 Å². The lowest BCUT2D eigenvalue weighted by Crippen LogP contribution is -2.32. The van der Waals surface area contributed by atoms with Gasteiger partial charge < -0.3 is 10.1 Å². The topological polar surface area (TPSA) is 58.6 Å². The molecule has 1 N–H and O–H groups in total. The van der Waals surface area contributed by atoms with Crippen LogP contribution >= 0.6 is 0 Å². The van der Waals surface area contributed by atoms with Crippen LogP contribution < -0.4 is 10.1 Å². The second-order valence-electron chi connectivity index (χ2n) is 4.96. The van der Waals surface area contributed by atoms with Gasteiger partial charge in [0.15, 0.2) is 0 Å². The maximum absolute atomic E-state index is 11.4. The number of hydrogen-bond acceptors (Lipinski definition) is 4. The summed E-state index contributed by atoms with van der Waals surface area (Å²) < 4.78 is 29.4. The molecule has 0 aromatic heterocycles. The van der Waals surface area contributed by atoms with Crippen LogP contribution in [0.1, 0.15) is 18.9 Å². The molecule has 1 aromatic carbocycles. The summed E-state index contributed by atoms with van der Waals surface area (Å²) >= 11 is 0. The molecule has 120 valence electrons. The maximum atomic E-state index is 11.4. The number of benzene rings is 1. The standard InChI is InChI=1S/C15H26N2O3S/c1-4-17(21(3,18)19)13-5-11-16-12-10-14-6-8-15(20-2)9-7-14/h6-9,16H,4-5,10-13H2,1-3H3. The van der Waals surface area contributed by atoms with E-state index < -0.39 is 10.0 Å². The van der Waals surface area contributed by atoms with E-state index >= 15 is 0 Å². The van der Waals surface area contributed by atoms with Gasteiger partial charge in [0.2, 0.25) is 10.0 Å². The van der Waals surface area contributed by atoms with Crippen molar-refractivity contribution in [2.75, 3.05) is 39.5 Å². The predicted molar refractivity (Wildman–Crippen MR) is 86.3 cm³/mol. The van der Waals surface area contributed by atoms with Crippen molar-refractivity contribution in [3.8, 4) is 5.75 Å². The van der Waals surface area contributed by atoms with E-state index in [1.54, 1.807) is 7.11 Å². The molecule has 0 aliphatic heterocycles. The van der Waals surface area contributed by atoms with Gasteiger partial charge in [-0.2, -0.15) is 0 Å². The van der Waals surface area contributed by atoms with E-state index in [4.69, 9.17) is 4.74 Å². The molecule has 0 amide bonds. The lowest BCUT2D eigenvalue weighted by atomic mass is 10.1. The highest BCUT2D eigenvalue weighted by Gasteiger charge is 2.12. The van der Waals surface area contributed by atoms with E-state index in [1.165, 1.54) is 16.1 Å². The summed E-state index contributed by atoms with van der Waals surface area (Å²) in [5.41, 5.74) is 1.26. The highest BCUT2D eigenvalue weighted by atomic mass is 32.2. The first-order chi connectivity index (χ1) is 9.97. The highest BCUT2D eigenvalue weighted by Crippen LogP contribution is 2.11. The fourth-order valence-electron chi connectivity index (χ4n) is 2.09. The second kappa shape index (κ2) is 9.02. The molecule has 6 heteroatoms. The number of nitrogens with one attached hydrogen (secondary N) is 1. The molecule has 0 bridgehead atoms. The maximum Gasteiger partial charge on any atom is 0.211 e. The zero-order chi connectivity index (χ0) is 15.7. The molecular weight excluding hydrogens is 288 g/mol. The van der Waals surface area contributed by atoms with Crippen LogP contribution in [0.15, 0.2) is 24.3 Å². The van der Waals surface area contributed by atoms with E-state index in [0.29, 0.717) is 13.1 Å². The van der Waals surface area contributed by atoms with Gasteiger partial charge in [0.05, 0.1) is 13.4 Å². The Morgan fingerprint density at radius 1 is 1.19 bits per heavy atom. The molecule has 21 heavy (non-hydrogen) atoms. The third-order valence-electron chi connectivity index (χ3n) is 3.33. The lowest BCUT2D eigenvalue weighted by Gasteiger charge is -2.17. The van der Waals surface area contributed by atoms with Crippen molar-refractivity contribution >= 4 is 10.0 Å². The Morgan fingerprint density at radius 2 is 1.86 bits per heavy atom. The van der Waals surface area contributed by atoms with Crippen LogP contribution in [-0.2, 0) is 16.4 Å². The average molecular weight is 314 g/mol. The van der Waals surface area contributed by atoms with E-state index in [2.05, 4.69) is 17.4 Å². The first-order valence-electron chi connectivity index (χ1n) is 7.26. The van der Waals surface area contributed by atoms with Crippen molar-refractivity contribution in [1.82, 2.24) is 9.62 Å². The Balaban J connectivity index is 2.17. The van der Waals surface area contributed by atoms with Gasteiger partial charge in [0.25, 0.3) is 0 Å². The zero-order valence-corrected chi connectivity index (χ0v) is 13.9. The minimum Gasteiger partial charge on any atom is -0.497 e. The number of methoxy groups -OCH3 is 1. The first kappa shape index (κ1) is 17.9. The van der Waals surface area contributed by atoms with Crippen LogP contribution in [-0.4, -0.2) is 52.3 Å². The van der Waals surface area contributed by atoms with Gasteiger partial charge in [-0.3, -0.25) is 0 Å². The number of ether oxygens (including phenoxy) is 1. The van der Waals surface area contributed by atoms with Crippen molar-refractivity contribution in [2.45, 2.75) is 19.8 Å². The Hall–Kier alpha value is -1.11. The number of nitrogens with zero attached hydrogens (tertiary/aromatic N) is 1. The third kappa shape index (κ3) is 6.93. The number of sulfonamides is 1. The molecule has 0 saturated heterocycles. The van der Waals surface area contributed by atoms with Gasteiger partial charge in [0.1, 0.15) is 5.75 Å². The fraction of sp³-hybridized carbons (Fsp3) is 0.600. The van der Waals surface area contributed by atoms with Crippen molar-refractivity contribution < 1.29 is 13.2 Å². The monoisotopic (exact) mass is 314 g/mol. The molecule has 1 aromatic rings. The van der Waals surface area contributed by atoms with Gasteiger partial charge in [0, 0.05) is 13.1 Å². The summed E-state index contributed by atoms with van der Waals surface area (Å²) in [5.74, 6) is 0.868. The number of hydrogen-bond donors (Lipinski definition) is 1. The zero-order valence-electron chi connectivity index (χ0n) is 13.1. The Bertz CT molecular complexity index is 500. The molecule has 0 atom stereocenters. The van der Waals surface area contributed by atoms with E-state index in [0.717, 1.165) is 31.7 Å². The fourth-order valence-corrected chi connectivity index (χ4v) is 3.02. The molecule has 0 aliphatic carbocycles. The van der Waals surface area contributed by atoms with Crippen LogP contribution in [0.25, 0.3) is 0 Å². The minimum atomic E-state index is -3.06. The Morgan fingerprint density at radius 3 is 2.38 bits per heavy atom. The SMILES string of the molecule is CCN(CCCNCCc1ccc(OC)cc1)S(C)(=O)=O. The number of rotatable bonds is 10. The van der Waals surface area contributed by atoms with Crippen LogP contribution in [0.5, 0.6) is 5.75 Å². The summed E-state index contributed by atoms with van der Waals surface area (Å²) in [7, 11) is -1.40. The van der Waals surface area contributed by atoms with Crippen molar-refractivity contribution in [3.63, 3.8) is 0 Å². The summed E-state index contributed by atoms with van der Waals surface area (Å²) in [6.07, 6.45) is 3.03. The van der Waals surface area contributed by atoms with Crippen LogP contribution in [0.4, 0.5) is 0 Å². The van der Waals surface area contributed by atoms with Gasteiger partial charge in [-0.1, -0.05) is 19.1 Å². The first-order valence-corrected chi connectivity index (χ1v) is 9.11. The largest absolute Gasteiger partial charge is 0.497 e. The van der Waals surface area contributed by atoms with Gasteiger partial charge in [-0.15, -0.1) is 0 Å². The molecule has 0 heterocycles. The molecule has 0 saturated carbocycles. The average Bonchev–Trinajstić information content (AvgIpc) is 2.45. The van der Waals surface area contributed by atoms with Crippen LogP contribution in [0.2, 0.25) is 0 Å². The smallest absolute Gasteiger partial charge is 0.211 e. The normalized spacial score (nSPS) is 11.8. The Labute approximate surface area is 128 Å². The summed E-state index contributed by atoms with van der Waals surface area (Å²) in [6.45, 7) is 4.67. The molecule has 0 fully saturated rings. The molecular formula is C15H26N2O3S. The molecule has 0 radical (unpaired) electrons. The van der Waals surface area contributed by atoms with Gasteiger partial charge >= 0.3 is 0 Å². The van der Waals surface area contributed by atoms with Crippen molar-refractivity contribution in [3.05, 3.63) is 29.8 Å². The highest BCUT2D eigenvalue weighted by molar-refractivity contribution is 7.88. The molecule has 1 rings (SSSR count). The van der Waals surface area contributed by atoms with E-state index in [-0.39, 0.29) is 0 Å². The van der Waals surface area contributed by atoms with Crippen LogP contribution in [0, 0.1) is 0 Å².